The third kappa shape index (κ3) is 5.15. The molecule has 1 aliphatic carbocycles. The lowest BCUT2D eigenvalue weighted by Gasteiger charge is -2.29. The molecular formula is C23H33N3O5S. The summed E-state index contributed by atoms with van der Waals surface area (Å²) in [6, 6.07) is 7.28. The molecule has 32 heavy (non-hydrogen) atoms. The molecule has 9 heteroatoms. The van der Waals surface area contributed by atoms with Gasteiger partial charge in [0.05, 0.1) is 18.6 Å². The molecule has 0 unspecified atom stereocenters. The Hall–Kier alpha value is -2.39. The molecular weight excluding hydrogens is 430 g/mol. The van der Waals surface area contributed by atoms with Gasteiger partial charge in [-0.05, 0) is 42.8 Å². The minimum Gasteiger partial charge on any atom is -0.468 e. The van der Waals surface area contributed by atoms with E-state index in [1.165, 1.54) is 7.11 Å². The number of ketones is 1. The third-order valence-electron chi connectivity index (χ3n) is 5.95. The Morgan fingerprint density at radius 2 is 1.88 bits per heavy atom. The molecule has 176 valence electrons. The van der Waals surface area contributed by atoms with Crippen LogP contribution in [0.15, 0.2) is 30.3 Å². The van der Waals surface area contributed by atoms with E-state index in [-0.39, 0.29) is 18.1 Å². The van der Waals surface area contributed by atoms with Crippen LogP contribution >= 0.6 is 11.8 Å². The summed E-state index contributed by atoms with van der Waals surface area (Å²) in [5.41, 5.74) is 4.24. The Morgan fingerprint density at radius 3 is 2.41 bits per heavy atom. The van der Waals surface area contributed by atoms with Crippen LogP contribution in [0.1, 0.15) is 38.7 Å². The van der Waals surface area contributed by atoms with Crippen LogP contribution in [-0.2, 0) is 29.3 Å². The first-order valence-electron chi connectivity index (χ1n) is 10.6. The topological polar surface area (TPSA) is 128 Å². The third-order valence-corrected chi connectivity index (χ3v) is 6.60. The second kappa shape index (κ2) is 11.0. The zero-order chi connectivity index (χ0) is 23.9. The van der Waals surface area contributed by atoms with Gasteiger partial charge in [0.15, 0.2) is 5.78 Å². The summed E-state index contributed by atoms with van der Waals surface area (Å²) in [5.74, 6) is -0.665. The molecule has 4 atom stereocenters. The van der Waals surface area contributed by atoms with E-state index in [4.69, 9.17) is 10.5 Å². The number of hydrogen-bond donors (Lipinski definition) is 3. The number of rotatable bonds is 13. The maximum atomic E-state index is 13.9. The summed E-state index contributed by atoms with van der Waals surface area (Å²) in [6.07, 6.45) is 3.29. The van der Waals surface area contributed by atoms with E-state index in [2.05, 4.69) is 10.6 Å². The lowest BCUT2D eigenvalue weighted by molar-refractivity contribution is -0.145. The van der Waals surface area contributed by atoms with Gasteiger partial charge < -0.3 is 21.1 Å². The highest BCUT2D eigenvalue weighted by atomic mass is 32.2. The van der Waals surface area contributed by atoms with Crippen LogP contribution in [0.3, 0.4) is 0 Å². The van der Waals surface area contributed by atoms with Gasteiger partial charge in [0.1, 0.15) is 11.6 Å². The molecule has 0 saturated heterocycles. The molecule has 1 aromatic carbocycles. The molecule has 0 heterocycles. The van der Waals surface area contributed by atoms with Crippen molar-refractivity contribution in [3.8, 4) is 0 Å². The molecule has 0 bridgehead atoms. The monoisotopic (exact) mass is 463 g/mol. The highest BCUT2D eigenvalue weighted by Gasteiger charge is 2.76. The number of hydrogen-bond acceptors (Lipinski definition) is 7. The second-order valence-electron chi connectivity index (χ2n) is 8.58. The summed E-state index contributed by atoms with van der Waals surface area (Å²) in [4.78, 5) is 50.4. The smallest absolute Gasteiger partial charge is 0.327 e. The van der Waals surface area contributed by atoms with Crippen LogP contribution in [0.25, 0.3) is 0 Å². The predicted molar refractivity (Wildman–Crippen MR) is 124 cm³/mol. The Kier molecular flexibility index (Phi) is 8.86. The van der Waals surface area contributed by atoms with Gasteiger partial charge in [-0.2, -0.15) is 11.8 Å². The molecule has 4 N–H and O–H groups in total. The van der Waals surface area contributed by atoms with Crippen LogP contribution in [0.5, 0.6) is 0 Å². The molecule has 2 rings (SSSR count). The zero-order valence-corrected chi connectivity index (χ0v) is 19.9. The number of nitrogens with two attached hydrogens (primary N) is 1. The van der Waals surface area contributed by atoms with Gasteiger partial charge in [0.2, 0.25) is 12.3 Å². The van der Waals surface area contributed by atoms with Crippen LogP contribution in [0.4, 0.5) is 0 Å². The van der Waals surface area contributed by atoms with Crippen LogP contribution < -0.4 is 16.4 Å². The Morgan fingerprint density at radius 1 is 1.22 bits per heavy atom. The van der Waals surface area contributed by atoms with Crippen molar-refractivity contribution in [2.45, 2.75) is 56.1 Å². The fraction of sp³-hybridized carbons (Fsp3) is 0.565. The standard InChI is InChI=1S/C23H33N3O5S/c1-15(2)12-18(26-20(29)17(25-14-27)10-11-32-4)19(28)22(16-8-6-5-7-9-16)13-23(22,24)21(30)31-3/h5-9,14-15,17-18H,10-13,24H2,1-4H3,(H,25,27)(H,26,29)/t17-,18-,22+,23-/m0/s1. The van der Waals surface area contributed by atoms with Gasteiger partial charge in [-0.1, -0.05) is 44.2 Å². The fourth-order valence-corrected chi connectivity index (χ4v) is 4.69. The first-order valence-corrected chi connectivity index (χ1v) is 12.0. The summed E-state index contributed by atoms with van der Waals surface area (Å²) < 4.78 is 4.91. The van der Waals surface area contributed by atoms with E-state index >= 15 is 0 Å². The van der Waals surface area contributed by atoms with Crippen molar-refractivity contribution in [1.82, 2.24) is 10.6 Å². The molecule has 0 aliphatic heterocycles. The highest BCUT2D eigenvalue weighted by molar-refractivity contribution is 7.98. The SMILES string of the molecule is COC(=O)[C@@]1(N)C[C@]1(C(=O)[C@H](CC(C)C)NC(=O)[C@H](CCSC)NC=O)c1ccccc1. The minimum absolute atomic E-state index is 0.0878. The average molecular weight is 464 g/mol. The van der Waals surface area contributed by atoms with E-state index in [1.807, 2.05) is 26.2 Å². The second-order valence-corrected chi connectivity index (χ2v) is 9.57. The van der Waals surface area contributed by atoms with Crippen molar-refractivity contribution in [2.75, 3.05) is 19.1 Å². The molecule has 2 amide bonds. The maximum Gasteiger partial charge on any atom is 0.327 e. The number of carbonyl (C=O) groups excluding carboxylic acids is 4. The van der Waals surface area contributed by atoms with Crippen LogP contribution in [0, 0.1) is 5.92 Å². The van der Waals surface area contributed by atoms with Crippen molar-refractivity contribution in [3.63, 3.8) is 0 Å². The Bertz CT molecular complexity index is 834. The largest absolute Gasteiger partial charge is 0.468 e. The van der Waals surface area contributed by atoms with E-state index in [0.717, 1.165) is 0 Å². The number of esters is 1. The van der Waals surface area contributed by atoms with Crippen molar-refractivity contribution in [1.29, 1.82) is 0 Å². The summed E-state index contributed by atoms with van der Waals surface area (Å²) in [5, 5.41) is 5.35. The van der Waals surface area contributed by atoms with Crippen molar-refractivity contribution >= 4 is 35.8 Å². The van der Waals surface area contributed by atoms with Crippen molar-refractivity contribution in [3.05, 3.63) is 35.9 Å². The van der Waals surface area contributed by atoms with Crippen molar-refractivity contribution < 1.29 is 23.9 Å². The van der Waals surface area contributed by atoms with Crippen LogP contribution in [-0.4, -0.2) is 60.8 Å². The molecule has 0 spiro atoms. The molecule has 1 aliphatic rings. The molecule has 1 fully saturated rings. The average Bonchev–Trinajstić information content (AvgIpc) is 3.43. The van der Waals surface area contributed by atoms with Gasteiger partial charge in [-0.25, -0.2) is 0 Å². The number of methoxy groups -OCH3 is 1. The van der Waals surface area contributed by atoms with Crippen LogP contribution in [0.2, 0.25) is 0 Å². The van der Waals surface area contributed by atoms with Gasteiger partial charge >= 0.3 is 5.97 Å². The lowest BCUT2D eigenvalue weighted by Crippen LogP contribution is -2.55. The summed E-state index contributed by atoms with van der Waals surface area (Å²) in [7, 11) is 1.24. The Labute approximate surface area is 193 Å². The summed E-state index contributed by atoms with van der Waals surface area (Å²) >= 11 is 1.56. The first kappa shape index (κ1) is 25.9. The quantitative estimate of drug-likeness (QED) is 0.296. The number of nitrogens with one attached hydrogen (secondary N) is 2. The number of benzene rings is 1. The first-order chi connectivity index (χ1) is 15.2. The number of carbonyl (C=O) groups is 4. The lowest BCUT2D eigenvalue weighted by atomic mass is 9.81. The number of amides is 2. The Balaban J connectivity index is 2.40. The van der Waals surface area contributed by atoms with E-state index in [1.54, 1.807) is 36.0 Å². The summed E-state index contributed by atoms with van der Waals surface area (Å²) in [6.45, 7) is 3.89. The van der Waals surface area contributed by atoms with Gasteiger partial charge in [-0.15, -0.1) is 0 Å². The van der Waals surface area contributed by atoms with E-state index < -0.39 is 34.9 Å². The number of Topliss-reactive ketones (excluding diaryl/α,β-unsaturated/α-hetero) is 1. The molecule has 0 radical (unpaired) electrons. The molecule has 8 nitrogen and oxygen atoms in total. The van der Waals surface area contributed by atoms with Gasteiger partial charge in [0.25, 0.3) is 0 Å². The van der Waals surface area contributed by atoms with E-state index in [9.17, 15) is 19.2 Å². The van der Waals surface area contributed by atoms with Gasteiger partial charge in [-0.3, -0.25) is 19.2 Å². The fourth-order valence-electron chi connectivity index (χ4n) is 4.21. The molecule has 0 aromatic heterocycles. The number of ether oxygens (including phenoxy) is 1. The molecule has 1 aromatic rings. The minimum atomic E-state index is -1.50. The van der Waals surface area contributed by atoms with Gasteiger partial charge in [0, 0.05) is 0 Å². The maximum absolute atomic E-state index is 13.9. The molecule has 1 saturated carbocycles. The zero-order valence-electron chi connectivity index (χ0n) is 19.1. The van der Waals surface area contributed by atoms with E-state index in [0.29, 0.717) is 30.6 Å². The predicted octanol–water partition coefficient (Wildman–Crippen LogP) is 1.17. The number of thioether (sulfide) groups is 1. The highest BCUT2D eigenvalue weighted by Crippen LogP contribution is 2.58. The normalized spacial score (nSPS) is 23.7. The van der Waals surface area contributed by atoms with Crippen molar-refractivity contribution in [2.24, 2.45) is 11.7 Å².